The smallest absolute Gasteiger partial charge is 0.420 e. The van der Waals surface area contributed by atoms with E-state index in [1.54, 1.807) is 12.1 Å². The first-order chi connectivity index (χ1) is 20.6. The molecule has 1 aliphatic heterocycles. The van der Waals surface area contributed by atoms with Crippen molar-refractivity contribution in [1.82, 2.24) is 10.6 Å². The van der Waals surface area contributed by atoms with Gasteiger partial charge in [0.25, 0.3) is 5.91 Å². The molecule has 43 heavy (non-hydrogen) atoms. The average Bonchev–Trinajstić information content (AvgIpc) is 3.00. The van der Waals surface area contributed by atoms with E-state index in [9.17, 15) is 14.4 Å². The van der Waals surface area contributed by atoms with Crippen molar-refractivity contribution in [2.75, 3.05) is 25.2 Å². The summed E-state index contributed by atoms with van der Waals surface area (Å²) in [6, 6.07) is 23.5. The van der Waals surface area contributed by atoms with Crippen LogP contribution < -0.4 is 21.3 Å². The normalized spacial score (nSPS) is 17.5. The molecule has 3 amide bonds. The van der Waals surface area contributed by atoms with Crippen molar-refractivity contribution in [2.45, 2.75) is 63.8 Å². The first kappa shape index (κ1) is 31.9. The van der Waals surface area contributed by atoms with Crippen LogP contribution in [-0.2, 0) is 31.9 Å². The van der Waals surface area contributed by atoms with Gasteiger partial charge in [-0.2, -0.15) is 0 Å². The maximum absolute atomic E-state index is 13.8. The Kier molecular flexibility index (Phi) is 10.7. The highest BCUT2D eigenvalue weighted by Gasteiger charge is 2.32. The van der Waals surface area contributed by atoms with Gasteiger partial charge < -0.3 is 25.8 Å². The number of amides is 3. The molecule has 4 rings (SSSR count). The van der Waals surface area contributed by atoms with E-state index in [-0.39, 0.29) is 30.6 Å². The fraction of sp³-hybridized carbons (Fsp3) is 0.382. The van der Waals surface area contributed by atoms with Crippen LogP contribution in [0.1, 0.15) is 38.3 Å². The number of carbonyl (C=O) groups is 3. The van der Waals surface area contributed by atoms with Crippen LogP contribution in [0.4, 0.5) is 10.5 Å². The third-order valence-electron chi connectivity index (χ3n) is 7.31. The Hall–Kier alpha value is -4.05. The lowest BCUT2D eigenvalue weighted by molar-refractivity contribution is -0.129. The Bertz CT molecular complexity index is 1400. The van der Waals surface area contributed by atoms with E-state index in [4.69, 9.17) is 15.2 Å². The van der Waals surface area contributed by atoms with Crippen molar-refractivity contribution in [3.63, 3.8) is 0 Å². The van der Waals surface area contributed by atoms with Crippen molar-refractivity contribution in [3.8, 4) is 11.1 Å². The van der Waals surface area contributed by atoms with Gasteiger partial charge in [-0.15, -0.1) is 0 Å². The lowest BCUT2D eigenvalue weighted by atomic mass is 9.95. The Morgan fingerprint density at radius 1 is 1.00 bits per heavy atom. The maximum Gasteiger partial charge on any atom is 0.420 e. The number of benzene rings is 3. The van der Waals surface area contributed by atoms with Crippen molar-refractivity contribution in [1.29, 1.82) is 0 Å². The van der Waals surface area contributed by atoms with Crippen LogP contribution in [0.15, 0.2) is 78.9 Å². The van der Waals surface area contributed by atoms with E-state index < -0.39 is 24.1 Å². The second-order valence-electron chi connectivity index (χ2n) is 11.8. The summed E-state index contributed by atoms with van der Waals surface area (Å²) >= 11 is 0. The molecule has 1 saturated heterocycles. The largest absolute Gasteiger partial charge is 0.452 e. The van der Waals surface area contributed by atoms with Gasteiger partial charge in [0.1, 0.15) is 6.04 Å². The van der Waals surface area contributed by atoms with Gasteiger partial charge in [-0.1, -0.05) is 72.8 Å². The van der Waals surface area contributed by atoms with E-state index in [2.05, 4.69) is 10.6 Å². The number of morpholine rings is 1. The van der Waals surface area contributed by atoms with E-state index in [1.807, 2.05) is 87.5 Å². The number of carbonyl (C=O) groups excluding carboxylic acids is 3. The zero-order valence-electron chi connectivity index (χ0n) is 25.3. The Morgan fingerprint density at radius 3 is 2.30 bits per heavy atom. The molecular formula is C34H42N4O5. The lowest BCUT2D eigenvalue weighted by Crippen LogP contribution is -2.57. The molecule has 1 aliphatic rings. The summed E-state index contributed by atoms with van der Waals surface area (Å²) in [6.07, 6.45) is 0.467. The predicted octanol–water partition coefficient (Wildman–Crippen LogP) is 4.23. The molecule has 0 aliphatic carbocycles. The average molecular weight is 587 g/mol. The van der Waals surface area contributed by atoms with Crippen molar-refractivity contribution < 1.29 is 23.9 Å². The molecule has 0 unspecified atom stereocenters. The molecular weight excluding hydrogens is 544 g/mol. The number of anilines is 1. The highest BCUT2D eigenvalue weighted by molar-refractivity contribution is 6.14. The summed E-state index contributed by atoms with van der Waals surface area (Å²) < 4.78 is 11.0. The van der Waals surface area contributed by atoms with Crippen LogP contribution in [0.2, 0.25) is 0 Å². The second kappa shape index (κ2) is 14.4. The first-order valence-electron chi connectivity index (χ1n) is 14.6. The van der Waals surface area contributed by atoms with E-state index in [0.29, 0.717) is 25.1 Å². The minimum Gasteiger partial charge on any atom is -0.452 e. The number of hydrogen-bond acceptors (Lipinski definition) is 7. The van der Waals surface area contributed by atoms with Crippen LogP contribution in [-0.4, -0.2) is 61.9 Å². The molecule has 9 nitrogen and oxygen atoms in total. The molecule has 0 saturated carbocycles. The maximum atomic E-state index is 13.8. The number of para-hydroxylation sites is 1. The topological polar surface area (TPSA) is 123 Å². The van der Waals surface area contributed by atoms with E-state index >= 15 is 0 Å². The molecule has 4 N–H and O–H groups in total. The van der Waals surface area contributed by atoms with Crippen LogP contribution in [0.5, 0.6) is 0 Å². The number of aryl methyl sites for hydroxylation is 1. The van der Waals surface area contributed by atoms with Crippen LogP contribution >= 0.6 is 0 Å². The third-order valence-corrected chi connectivity index (χ3v) is 7.31. The minimum atomic E-state index is -0.987. The quantitative estimate of drug-likeness (QED) is 0.343. The number of methoxy groups -OCH3 is 1. The molecule has 1 heterocycles. The summed E-state index contributed by atoms with van der Waals surface area (Å²) in [7, 11) is 1.25. The molecule has 0 aromatic heterocycles. The molecule has 0 bridgehead atoms. The highest BCUT2D eigenvalue weighted by Crippen LogP contribution is 2.27. The number of nitrogens with one attached hydrogen (secondary N) is 2. The summed E-state index contributed by atoms with van der Waals surface area (Å²) in [5.41, 5.74) is 10.3. The molecule has 9 heteroatoms. The molecule has 3 aromatic carbocycles. The zero-order chi connectivity index (χ0) is 31.0. The highest BCUT2D eigenvalue weighted by atomic mass is 16.5. The monoisotopic (exact) mass is 586 g/mol. The van der Waals surface area contributed by atoms with Gasteiger partial charge in [0.2, 0.25) is 5.91 Å². The van der Waals surface area contributed by atoms with Crippen LogP contribution in [0.3, 0.4) is 0 Å². The Labute approximate surface area is 253 Å². The summed E-state index contributed by atoms with van der Waals surface area (Å²) in [5.74, 6) is -0.642. The van der Waals surface area contributed by atoms with Crippen LogP contribution in [0, 0.1) is 0 Å². The van der Waals surface area contributed by atoms with Crippen molar-refractivity contribution >= 4 is 23.6 Å². The molecule has 0 radical (unpaired) electrons. The number of ether oxygens (including phenoxy) is 2. The lowest BCUT2D eigenvalue weighted by Gasteiger charge is -2.32. The molecule has 3 aromatic rings. The van der Waals surface area contributed by atoms with E-state index in [0.717, 1.165) is 27.2 Å². The second-order valence-corrected chi connectivity index (χ2v) is 11.8. The third kappa shape index (κ3) is 8.50. The Balaban J connectivity index is 1.46. The number of rotatable bonds is 9. The van der Waals surface area contributed by atoms with E-state index in [1.165, 1.54) is 7.11 Å². The first-order valence-corrected chi connectivity index (χ1v) is 14.6. The fourth-order valence-corrected chi connectivity index (χ4v) is 5.18. The predicted molar refractivity (Wildman–Crippen MR) is 168 cm³/mol. The number of nitrogens with two attached hydrogens (primary N) is 1. The zero-order valence-corrected chi connectivity index (χ0v) is 25.3. The summed E-state index contributed by atoms with van der Waals surface area (Å²) in [6.45, 7) is 6.59. The Morgan fingerprint density at radius 2 is 1.65 bits per heavy atom. The number of nitrogens with zero attached hydrogens (tertiary/aromatic N) is 1. The summed E-state index contributed by atoms with van der Waals surface area (Å²) in [5, 5.41) is 6.24. The molecule has 3 atom stereocenters. The van der Waals surface area contributed by atoms with Crippen LogP contribution in [0.25, 0.3) is 11.1 Å². The molecule has 228 valence electrons. The number of hydrogen-bond donors (Lipinski definition) is 3. The fourth-order valence-electron chi connectivity index (χ4n) is 5.18. The SMILES string of the molecule is COC(=O)N(C(=O)[C@@H](N)Cc1ccccc1-c1ccccc1)c1ccccc1CC[C@@H]1CN[C@H](C(=O)NC(C)(C)C)CO1. The van der Waals surface area contributed by atoms with Gasteiger partial charge >= 0.3 is 6.09 Å². The van der Waals surface area contributed by atoms with Crippen molar-refractivity contribution in [3.05, 3.63) is 90.0 Å². The van der Waals surface area contributed by atoms with Gasteiger partial charge in [-0.05, 0) is 68.4 Å². The van der Waals surface area contributed by atoms with Crippen molar-refractivity contribution in [2.24, 2.45) is 5.73 Å². The standard InChI is InChI=1S/C34H42N4O5/c1-34(2,3)37-31(39)29-22-43-26(21-36-29)19-18-24-14-9-11-17-30(24)38(33(41)42-4)32(40)28(35)20-25-15-8-10-16-27(25)23-12-6-5-7-13-23/h5-17,26,28-29,36H,18-22,35H2,1-4H3,(H,37,39)/t26-,28+,29+/m1/s1. The minimum absolute atomic E-state index is 0.0914. The van der Waals surface area contributed by atoms with Gasteiger partial charge in [0, 0.05) is 12.1 Å². The van der Waals surface area contributed by atoms with Gasteiger partial charge in [0.05, 0.1) is 31.5 Å². The van der Waals surface area contributed by atoms with Gasteiger partial charge in [-0.3, -0.25) is 9.59 Å². The van der Waals surface area contributed by atoms with Gasteiger partial charge in [-0.25, -0.2) is 9.69 Å². The molecule has 1 fully saturated rings. The number of imide groups is 1. The summed E-state index contributed by atoms with van der Waals surface area (Å²) in [4.78, 5) is 40.3. The van der Waals surface area contributed by atoms with Gasteiger partial charge in [0.15, 0.2) is 0 Å². The molecule has 0 spiro atoms.